The van der Waals surface area contributed by atoms with E-state index in [9.17, 15) is 0 Å². The third kappa shape index (κ3) is 1.39. The van der Waals surface area contributed by atoms with Gasteiger partial charge in [0, 0.05) is 0 Å². The van der Waals surface area contributed by atoms with E-state index in [0.717, 1.165) is 0 Å². The summed E-state index contributed by atoms with van der Waals surface area (Å²) in [5.41, 5.74) is 0. The van der Waals surface area contributed by atoms with Crippen LogP contribution in [0, 0.1) is 0 Å². The van der Waals surface area contributed by atoms with Gasteiger partial charge in [-0.15, -0.1) is 0 Å². The fraction of sp³-hybridized carbons (Fsp3) is 0. The molecule has 1 rings (SSSR count). The number of hydrogen-bond donors (Lipinski definition) is 0. The first-order valence-corrected chi connectivity index (χ1v) is 2.00. The van der Waals surface area contributed by atoms with Gasteiger partial charge in [-0.2, -0.15) is 0 Å². The molecule has 0 bridgehead atoms. The Morgan fingerprint density at radius 3 is 2.43 bits per heavy atom. The van der Waals surface area contributed by atoms with Crippen molar-refractivity contribution in [2.45, 2.75) is 0 Å². The van der Waals surface area contributed by atoms with Gasteiger partial charge < -0.3 is 0 Å². The van der Waals surface area contributed by atoms with Crippen molar-refractivity contribution in [1.29, 1.82) is 0 Å². The molecule has 0 aliphatic heterocycles. The van der Waals surface area contributed by atoms with Crippen LogP contribution in [0.3, 0.4) is 0 Å². The van der Waals surface area contributed by atoms with Gasteiger partial charge in [-0.3, -0.25) is 0 Å². The van der Waals surface area contributed by atoms with Gasteiger partial charge in [0.1, 0.15) is 0 Å². The second-order valence-corrected chi connectivity index (χ2v) is 1.25. The maximum atomic E-state index is 7.31. The van der Waals surface area contributed by atoms with Crippen LogP contribution in [0.15, 0.2) is 30.2 Å². The first-order valence-electron chi connectivity index (χ1n) is 4.50. The molecule has 0 aliphatic rings. The predicted octanol–water partition coefficient (Wildman–Crippen LogP) is 0.480. The Morgan fingerprint density at radius 1 is 1.29 bits per heavy atom. The van der Waals surface area contributed by atoms with E-state index >= 15 is 0 Å². The van der Waals surface area contributed by atoms with Crippen LogP contribution < -0.4 is 4.24 Å². The van der Waals surface area contributed by atoms with E-state index in [0.29, 0.717) is 4.24 Å². The van der Waals surface area contributed by atoms with Crippen LogP contribution in [0.2, 0.25) is 0 Å². The van der Waals surface area contributed by atoms with Gasteiger partial charge in [0.15, 0.2) is 0 Å². The van der Waals surface area contributed by atoms with E-state index in [2.05, 4.69) is 0 Å². The van der Waals surface area contributed by atoms with Gasteiger partial charge in [-0.1, -0.05) is 0 Å². The molecule has 0 unspecified atom stereocenters. The second kappa shape index (κ2) is 2.21. The normalized spacial score (nSPS) is 18.9. The third-order valence-electron chi connectivity index (χ3n) is 0.625. The summed E-state index contributed by atoms with van der Waals surface area (Å²) in [4.78, 5) is 0. The summed E-state index contributed by atoms with van der Waals surface area (Å²) in [7, 11) is 0. The Hall–Kier alpha value is -0.183. The molecule has 1 aromatic carbocycles. The molecule has 0 nitrogen and oxygen atoms in total. The van der Waals surface area contributed by atoms with E-state index in [1.54, 1.807) is 0 Å². The van der Waals surface area contributed by atoms with Crippen LogP contribution in [0.1, 0.15) is 6.85 Å². The molecule has 30 valence electrons. The molecule has 0 N–H and O–H groups in total. The van der Waals surface area contributed by atoms with Crippen LogP contribution in [0.5, 0.6) is 0 Å². The van der Waals surface area contributed by atoms with Crippen molar-refractivity contribution in [3.8, 4) is 0 Å². The van der Waals surface area contributed by atoms with Crippen LogP contribution >= 0.6 is 0 Å². The summed E-state index contributed by atoms with van der Waals surface area (Å²) in [5, 5.41) is 0. The van der Waals surface area contributed by atoms with Crippen LogP contribution in [0.25, 0.3) is 0 Å². The standard InChI is InChI=1S/C6H5.Li/c1-2-4-6-5-3-1;/h1-5H;/i1D,2D,3D,4D,5D;. The second-order valence-electron chi connectivity index (χ2n) is 1.25. The monoisotopic (exact) mass is 89.1 g/mol. The van der Waals surface area contributed by atoms with Crippen LogP contribution in [0.4, 0.5) is 0 Å². The van der Waals surface area contributed by atoms with E-state index in [1.807, 2.05) is 0 Å². The zero-order chi connectivity index (χ0) is 9.46. The first-order chi connectivity index (χ1) is 5.46. The van der Waals surface area contributed by atoms with Crippen molar-refractivity contribution in [3.05, 3.63) is 30.2 Å². The Bertz CT molecular complexity index is 230. The minimum atomic E-state index is -0.337. The van der Waals surface area contributed by atoms with Gasteiger partial charge in [0.05, 0.1) is 0 Å². The molecular formula is C6H5Li. The molecular weight excluding hydrogens is 79.0 g/mol. The van der Waals surface area contributed by atoms with Gasteiger partial charge in [0.2, 0.25) is 0 Å². The van der Waals surface area contributed by atoms with Crippen LogP contribution in [-0.4, -0.2) is 17.7 Å². The van der Waals surface area contributed by atoms with Gasteiger partial charge in [-0.05, 0) is 0 Å². The summed E-state index contributed by atoms with van der Waals surface area (Å²) in [6.07, 6.45) is 0. The summed E-state index contributed by atoms with van der Waals surface area (Å²) in [5.74, 6) is 0. The van der Waals surface area contributed by atoms with Gasteiger partial charge in [-0.25, -0.2) is 0 Å². The van der Waals surface area contributed by atoms with Crippen molar-refractivity contribution in [3.63, 3.8) is 0 Å². The van der Waals surface area contributed by atoms with E-state index < -0.39 is 0 Å². The summed E-state index contributed by atoms with van der Waals surface area (Å²) >= 11 is 1.51. The van der Waals surface area contributed by atoms with E-state index in [1.165, 1.54) is 17.7 Å². The first kappa shape index (κ1) is 1.65. The zero-order valence-corrected chi connectivity index (χ0v) is 4.00. The molecule has 0 saturated carbocycles. The topological polar surface area (TPSA) is 0 Å². The molecule has 0 saturated heterocycles. The molecule has 0 aromatic heterocycles. The molecule has 7 heavy (non-hydrogen) atoms. The maximum absolute atomic E-state index is 7.31. The fourth-order valence-corrected chi connectivity index (χ4v) is 0.312. The third-order valence-corrected chi connectivity index (χ3v) is 0.625. The molecule has 0 aliphatic carbocycles. The van der Waals surface area contributed by atoms with Gasteiger partial charge >= 0.3 is 59.0 Å². The number of rotatable bonds is 0. The summed E-state index contributed by atoms with van der Waals surface area (Å²) in [6.45, 7) is 0. The van der Waals surface area contributed by atoms with Crippen molar-refractivity contribution in [2.24, 2.45) is 0 Å². The molecule has 0 spiro atoms. The SMILES string of the molecule is [2H]c1c([2H])c([2H])[c]([Li])c([2H])c1[2H]. The molecule has 0 atom stereocenters. The Labute approximate surface area is 59.8 Å². The molecule has 1 aromatic rings. The quantitative estimate of drug-likeness (QED) is 0.405. The average Bonchev–Trinajstić information content (AvgIpc) is 2.08. The zero-order valence-electron chi connectivity index (χ0n) is 9.00. The fourth-order valence-electron chi connectivity index (χ4n) is 0.312. The Morgan fingerprint density at radius 2 is 1.86 bits per heavy atom. The number of hydrogen-bond acceptors (Lipinski definition) is 0. The predicted molar refractivity (Wildman–Crippen MR) is 31.8 cm³/mol. The average molecular weight is 89.1 g/mol. The van der Waals surface area contributed by atoms with Crippen molar-refractivity contribution < 1.29 is 6.85 Å². The molecule has 0 amide bonds. The van der Waals surface area contributed by atoms with E-state index in [-0.39, 0.29) is 30.2 Å². The number of benzene rings is 1. The van der Waals surface area contributed by atoms with E-state index in [4.69, 9.17) is 6.85 Å². The Balaban J connectivity index is 3.60. The minimum absolute atomic E-state index is 0.124. The van der Waals surface area contributed by atoms with Gasteiger partial charge in [0.25, 0.3) is 0 Å². The molecule has 0 heterocycles. The van der Waals surface area contributed by atoms with Crippen molar-refractivity contribution >= 4 is 22.0 Å². The Kier molecular flexibility index (Phi) is 0.521. The summed E-state index contributed by atoms with van der Waals surface area (Å²) in [6, 6.07) is -1.13. The van der Waals surface area contributed by atoms with Crippen molar-refractivity contribution in [1.82, 2.24) is 0 Å². The molecule has 1 heteroatoms. The molecule has 0 fully saturated rings. The summed E-state index contributed by atoms with van der Waals surface area (Å²) < 4.78 is 36.6. The van der Waals surface area contributed by atoms with Crippen molar-refractivity contribution in [2.75, 3.05) is 0 Å². The van der Waals surface area contributed by atoms with Crippen LogP contribution in [-0.2, 0) is 0 Å². The molecule has 0 radical (unpaired) electrons.